The molecule has 0 atom stereocenters. The Labute approximate surface area is 100 Å². The van der Waals surface area contributed by atoms with E-state index < -0.39 is 0 Å². The minimum absolute atomic E-state index is 0.0593. The van der Waals surface area contributed by atoms with Crippen molar-refractivity contribution >= 4 is 22.4 Å². The lowest BCUT2D eigenvalue weighted by atomic mass is 10.1. The largest absolute Gasteiger partial charge is 0.461 e. The minimum atomic E-state index is -0.349. The third-order valence-corrected chi connectivity index (χ3v) is 2.63. The van der Waals surface area contributed by atoms with E-state index in [9.17, 15) is 4.79 Å². The van der Waals surface area contributed by atoms with E-state index in [0.717, 1.165) is 10.0 Å². The highest BCUT2D eigenvalue weighted by molar-refractivity contribution is 7.15. The van der Waals surface area contributed by atoms with Crippen LogP contribution in [-0.2, 0) is 4.74 Å². The van der Waals surface area contributed by atoms with E-state index in [4.69, 9.17) is 4.74 Å². The summed E-state index contributed by atoms with van der Waals surface area (Å²) >= 11 is 1.47. The van der Waals surface area contributed by atoms with Gasteiger partial charge in [0.2, 0.25) is 0 Å². The number of hydrogen-bond acceptors (Lipinski definition) is 5. The molecule has 0 aliphatic carbocycles. The van der Waals surface area contributed by atoms with E-state index >= 15 is 0 Å². The molecule has 1 heterocycles. The van der Waals surface area contributed by atoms with Gasteiger partial charge in [-0.3, -0.25) is 0 Å². The van der Waals surface area contributed by atoms with Crippen LogP contribution in [0, 0.1) is 6.92 Å². The summed E-state index contributed by atoms with van der Waals surface area (Å²) in [5.74, 6) is -0.349. The zero-order valence-corrected chi connectivity index (χ0v) is 11.2. The van der Waals surface area contributed by atoms with Gasteiger partial charge in [0, 0.05) is 10.4 Å². The van der Waals surface area contributed by atoms with Crippen LogP contribution in [0.2, 0.25) is 0 Å². The second-order valence-electron chi connectivity index (χ2n) is 4.52. The van der Waals surface area contributed by atoms with E-state index in [1.807, 2.05) is 27.7 Å². The average molecular weight is 242 g/mol. The SMILES string of the molecule is CCOC(=O)c1nc(NC(C)(C)C)sc1C. The molecule has 0 spiro atoms. The summed E-state index contributed by atoms with van der Waals surface area (Å²) in [7, 11) is 0. The molecule has 16 heavy (non-hydrogen) atoms. The molecule has 0 radical (unpaired) electrons. The van der Waals surface area contributed by atoms with Crippen LogP contribution in [0.25, 0.3) is 0 Å². The Bertz CT molecular complexity index is 380. The van der Waals surface area contributed by atoms with Crippen molar-refractivity contribution in [3.05, 3.63) is 10.6 Å². The third-order valence-electron chi connectivity index (χ3n) is 1.75. The number of nitrogens with one attached hydrogen (secondary N) is 1. The first-order chi connectivity index (χ1) is 7.33. The summed E-state index contributed by atoms with van der Waals surface area (Å²) in [6.45, 7) is 10.2. The Morgan fingerprint density at radius 3 is 2.62 bits per heavy atom. The molecule has 0 fully saturated rings. The maximum absolute atomic E-state index is 11.5. The molecule has 0 saturated heterocycles. The van der Waals surface area contributed by atoms with Crippen molar-refractivity contribution in [3.8, 4) is 0 Å². The summed E-state index contributed by atoms with van der Waals surface area (Å²) in [4.78, 5) is 16.7. The predicted octanol–water partition coefficient (Wildman–Crippen LogP) is 2.84. The first kappa shape index (κ1) is 13.0. The number of nitrogens with zero attached hydrogens (tertiary/aromatic N) is 1. The number of aromatic nitrogens is 1. The van der Waals surface area contributed by atoms with Crippen molar-refractivity contribution < 1.29 is 9.53 Å². The van der Waals surface area contributed by atoms with Crippen molar-refractivity contribution in [3.63, 3.8) is 0 Å². The van der Waals surface area contributed by atoms with E-state index in [1.54, 1.807) is 6.92 Å². The van der Waals surface area contributed by atoms with Crippen molar-refractivity contribution in [2.24, 2.45) is 0 Å². The molecule has 0 amide bonds. The molecule has 0 aromatic carbocycles. The van der Waals surface area contributed by atoms with Crippen molar-refractivity contribution in [2.75, 3.05) is 11.9 Å². The Hall–Kier alpha value is -1.10. The first-order valence-corrected chi connectivity index (χ1v) is 6.08. The van der Waals surface area contributed by atoms with Gasteiger partial charge in [-0.15, -0.1) is 11.3 Å². The number of thiazole rings is 1. The maximum atomic E-state index is 11.5. The van der Waals surface area contributed by atoms with Crippen LogP contribution in [0.5, 0.6) is 0 Å². The normalized spacial score (nSPS) is 11.3. The predicted molar refractivity (Wildman–Crippen MR) is 66.2 cm³/mol. The van der Waals surface area contributed by atoms with E-state index in [2.05, 4.69) is 10.3 Å². The molecule has 0 aliphatic heterocycles. The van der Waals surface area contributed by atoms with Crippen molar-refractivity contribution in [1.82, 2.24) is 4.98 Å². The van der Waals surface area contributed by atoms with Crippen molar-refractivity contribution in [1.29, 1.82) is 0 Å². The number of esters is 1. The summed E-state index contributed by atoms with van der Waals surface area (Å²) in [6, 6.07) is 0. The Morgan fingerprint density at radius 2 is 2.12 bits per heavy atom. The maximum Gasteiger partial charge on any atom is 0.358 e. The number of ether oxygens (including phenoxy) is 1. The highest BCUT2D eigenvalue weighted by Crippen LogP contribution is 2.25. The Balaban J connectivity index is 2.86. The number of aryl methyl sites for hydroxylation is 1. The molecule has 1 rings (SSSR count). The molecular weight excluding hydrogens is 224 g/mol. The summed E-state index contributed by atoms with van der Waals surface area (Å²) in [5, 5.41) is 4.00. The Kier molecular flexibility index (Phi) is 3.91. The fourth-order valence-electron chi connectivity index (χ4n) is 1.16. The van der Waals surface area contributed by atoms with Crippen LogP contribution in [-0.4, -0.2) is 23.1 Å². The lowest BCUT2D eigenvalue weighted by molar-refractivity contribution is 0.0519. The van der Waals surface area contributed by atoms with Gasteiger partial charge in [0.05, 0.1) is 6.61 Å². The summed E-state index contributed by atoms with van der Waals surface area (Å²) < 4.78 is 4.93. The molecule has 0 unspecified atom stereocenters. The number of rotatable bonds is 3. The van der Waals surface area contributed by atoms with Gasteiger partial charge in [-0.2, -0.15) is 0 Å². The molecular formula is C11H18N2O2S. The van der Waals surface area contributed by atoms with Crippen LogP contribution < -0.4 is 5.32 Å². The molecule has 0 saturated carbocycles. The van der Waals surface area contributed by atoms with Gasteiger partial charge < -0.3 is 10.1 Å². The van der Waals surface area contributed by atoms with E-state index in [1.165, 1.54) is 11.3 Å². The molecule has 0 aliphatic rings. The summed E-state index contributed by atoms with van der Waals surface area (Å²) in [5.41, 5.74) is 0.356. The number of hydrogen-bond donors (Lipinski definition) is 1. The molecule has 1 aromatic heterocycles. The van der Waals surface area contributed by atoms with Gasteiger partial charge >= 0.3 is 5.97 Å². The summed E-state index contributed by atoms with van der Waals surface area (Å²) in [6.07, 6.45) is 0. The molecule has 4 nitrogen and oxygen atoms in total. The zero-order valence-electron chi connectivity index (χ0n) is 10.4. The van der Waals surface area contributed by atoms with Crippen LogP contribution in [0.4, 0.5) is 5.13 Å². The van der Waals surface area contributed by atoms with Gasteiger partial charge in [-0.25, -0.2) is 9.78 Å². The fraction of sp³-hybridized carbons (Fsp3) is 0.636. The van der Waals surface area contributed by atoms with Crippen LogP contribution in [0.15, 0.2) is 0 Å². The standard InChI is InChI=1S/C11H18N2O2S/c1-6-15-9(14)8-7(2)16-10(12-8)13-11(3,4)5/h6H2,1-5H3,(H,12,13). The molecule has 5 heteroatoms. The topological polar surface area (TPSA) is 51.2 Å². The number of anilines is 1. The fourth-order valence-corrected chi connectivity index (χ4v) is 2.17. The molecule has 1 N–H and O–H groups in total. The van der Waals surface area contributed by atoms with Gasteiger partial charge in [0.25, 0.3) is 0 Å². The van der Waals surface area contributed by atoms with E-state index in [-0.39, 0.29) is 11.5 Å². The monoisotopic (exact) mass is 242 g/mol. The number of carbonyl (C=O) groups excluding carboxylic acids is 1. The van der Waals surface area contributed by atoms with E-state index in [0.29, 0.717) is 12.3 Å². The third kappa shape index (κ3) is 3.48. The first-order valence-electron chi connectivity index (χ1n) is 5.26. The highest BCUT2D eigenvalue weighted by Gasteiger charge is 2.19. The molecule has 1 aromatic rings. The molecule has 0 bridgehead atoms. The zero-order chi connectivity index (χ0) is 12.3. The lowest BCUT2D eigenvalue weighted by Crippen LogP contribution is -2.26. The van der Waals surface area contributed by atoms with Gasteiger partial charge in [0.1, 0.15) is 0 Å². The highest BCUT2D eigenvalue weighted by atomic mass is 32.1. The van der Waals surface area contributed by atoms with Crippen LogP contribution >= 0.6 is 11.3 Å². The Morgan fingerprint density at radius 1 is 1.50 bits per heavy atom. The average Bonchev–Trinajstić information content (AvgIpc) is 2.44. The van der Waals surface area contributed by atoms with Crippen molar-refractivity contribution in [2.45, 2.75) is 40.2 Å². The second-order valence-corrected chi connectivity index (χ2v) is 5.72. The second kappa shape index (κ2) is 4.82. The van der Waals surface area contributed by atoms with Gasteiger partial charge in [-0.05, 0) is 34.6 Å². The van der Waals surface area contributed by atoms with Crippen LogP contribution in [0.1, 0.15) is 43.1 Å². The number of carbonyl (C=O) groups is 1. The smallest absolute Gasteiger partial charge is 0.358 e. The van der Waals surface area contributed by atoms with Crippen LogP contribution in [0.3, 0.4) is 0 Å². The lowest BCUT2D eigenvalue weighted by Gasteiger charge is -2.19. The van der Waals surface area contributed by atoms with Gasteiger partial charge in [-0.1, -0.05) is 0 Å². The quantitative estimate of drug-likeness (QED) is 0.828. The van der Waals surface area contributed by atoms with Gasteiger partial charge in [0.15, 0.2) is 10.8 Å². The molecule has 90 valence electrons. The minimum Gasteiger partial charge on any atom is -0.461 e.